The summed E-state index contributed by atoms with van der Waals surface area (Å²) in [5, 5.41) is 4.05. The van der Waals surface area contributed by atoms with E-state index in [1.807, 2.05) is 12.1 Å². The summed E-state index contributed by atoms with van der Waals surface area (Å²) >= 11 is 18.8. The Morgan fingerprint density at radius 1 is 1.00 bits per heavy atom. The highest BCUT2D eigenvalue weighted by Gasteiger charge is 2.10. The number of methoxy groups -OCH3 is 1. The molecule has 2 aromatic rings. The van der Waals surface area contributed by atoms with E-state index in [4.69, 9.17) is 33.7 Å². The Morgan fingerprint density at radius 3 is 2.30 bits per heavy atom. The normalized spacial score (nSPS) is 10.4. The van der Waals surface area contributed by atoms with Gasteiger partial charge in [0, 0.05) is 10.5 Å². The molecule has 0 aliphatic carbocycles. The van der Waals surface area contributed by atoms with E-state index in [0.29, 0.717) is 27.2 Å². The Bertz CT molecular complexity index is 665. The Morgan fingerprint density at radius 2 is 1.65 bits per heavy atom. The molecule has 0 aliphatic rings. The number of rotatable bonds is 3. The largest absolute Gasteiger partial charge is 0.495 e. The van der Waals surface area contributed by atoms with Gasteiger partial charge in [-0.15, -0.1) is 0 Å². The van der Waals surface area contributed by atoms with Crippen molar-refractivity contribution in [2.75, 3.05) is 18.2 Å². The predicted octanol–water partition coefficient (Wildman–Crippen LogP) is 5.85. The summed E-state index contributed by atoms with van der Waals surface area (Å²) in [6, 6.07) is 7.02. The lowest BCUT2D eigenvalue weighted by Crippen LogP contribution is -1.98. The summed E-state index contributed by atoms with van der Waals surface area (Å²) in [5.41, 5.74) is 7.91. The van der Waals surface area contributed by atoms with E-state index >= 15 is 0 Å². The van der Waals surface area contributed by atoms with Crippen LogP contribution in [0.3, 0.4) is 0 Å². The van der Waals surface area contributed by atoms with Crippen LogP contribution in [0.1, 0.15) is 0 Å². The fourth-order valence-corrected chi connectivity index (χ4v) is 3.19. The molecule has 7 heteroatoms. The van der Waals surface area contributed by atoms with Crippen molar-refractivity contribution in [3.63, 3.8) is 0 Å². The van der Waals surface area contributed by atoms with Crippen LogP contribution in [0.15, 0.2) is 33.2 Å². The molecule has 0 aliphatic heterocycles. The van der Waals surface area contributed by atoms with E-state index in [0.717, 1.165) is 14.6 Å². The van der Waals surface area contributed by atoms with Gasteiger partial charge in [-0.25, -0.2) is 0 Å². The molecule has 0 saturated heterocycles. The minimum Gasteiger partial charge on any atom is -0.495 e. The molecule has 0 amide bonds. The number of nitrogens with two attached hydrogens (primary N) is 1. The first-order valence-corrected chi connectivity index (χ1v) is 7.81. The van der Waals surface area contributed by atoms with Crippen molar-refractivity contribution in [2.45, 2.75) is 0 Å². The second-order valence-electron chi connectivity index (χ2n) is 3.95. The summed E-state index contributed by atoms with van der Waals surface area (Å²) in [6.07, 6.45) is 0. The van der Waals surface area contributed by atoms with Gasteiger partial charge >= 0.3 is 0 Å². The number of nitrogens with one attached hydrogen (secondary N) is 1. The Labute approximate surface area is 143 Å². The molecular formula is C13H10Br2Cl2N2O. The van der Waals surface area contributed by atoms with Crippen molar-refractivity contribution in [3.05, 3.63) is 43.3 Å². The lowest BCUT2D eigenvalue weighted by molar-refractivity contribution is 0.412. The molecule has 20 heavy (non-hydrogen) atoms. The maximum atomic E-state index is 6.00. The van der Waals surface area contributed by atoms with Gasteiger partial charge in [-0.2, -0.15) is 0 Å². The van der Waals surface area contributed by atoms with Crippen LogP contribution in [0, 0.1) is 0 Å². The van der Waals surface area contributed by atoms with E-state index in [2.05, 4.69) is 37.2 Å². The van der Waals surface area contributed by atoms with Gasteiger partial charge in [0.15, 0.2) is 0 Å². The molecule has 2 aromatic carbocycles. The van der Waals surface area contributed by atoms with Crippen molar-refractivity contribution in [3.8, 4) is 5.75 Å². The molecular weight excluding hydrogens is 431 g/mol. The number of anilines is 3. The molecule has 0 aromatic heterocycles. The van der Waals surface area contributed by atoms with Crippen LogP contribution in [0.2, 0.25) is 10.0 Å². The molecule has 0 atom stereocenters. The van der Waals surface area contributed by atoms with Crippen molar-refractivity contribution < 1.29 is 4.74 Å². The van der Waals surface area contributed by atoms with Gasteiger partial charge in [-0.3, -0.25) is 0 Å². The highest BCUT2D eigenvalue weighted by atomic mass is 79.9. The van der Waals surface area contributed by atoms with Crippen molar-refractivity contribution in [1.29, 1.82) is 0 Å². The third kappa shape index (κ3) is 3.34. The highest BCUT2D eigenvalue weighted by Crippen LogP contribution is 2.38. The fourth-order valence-electron chi connectivity index (χ4n) is 1.60. The predicted molar refractivity (Wildman–Crippen MR) is 92.6 cm³/mol. The van der Waals surface area contributed by atoms with Crippen LogP contribution < -0.4 is 15.8 Å². The van der Waals surface area contributed by atoms with Crippen LogP contribution in [-0.4, -0.2) is 7.11 Å². The van der Waals surface area contributed by atoms with E-state index < -0.39 is 0 Å². The van der Waals surface area contributed by atoms with E-state index in [1.165, 1.54) is 0 Å². The summed E-state index contributed by atoms with van der Waals surface area (Å²) in [5.74, 6) is 0.703. The zero-order chi connectivity index (χ0) is 14.9. The molecule has 0 radical (unpaired) electrons. The molecule has 106 valence electrons. The number of hydrogen-bond donors (Lipinski definition) is 2. The van der Waals surface area contributed by atoms with Gasteiger partial charge in [0.05, 0.1) is 38.7 Å². The van der Waals surface area contributed by atoms with E-state index in [-0.39, 0.29) is 0 Å². The monoisotopic (exact) mass is 438 g/mol. The minimum atomic E-state index is 0.419. The third-order valence-corrected chi connectivity index (χ3v) is 4.60. The van der Waals surface area contributed by atoms with Gasteiger partial charge in [0.2, 0.25) is 0 Å². The second-order valence-corrected chi connectivity index (χ2v) is 6.47. The zero-order valence-corrected chi connectivity index (χ0v) is 15.0. The lowest BCUT2D eigenvalue weighted by atomic mass is 10.2. The Kier molecular flexibility index (Phi) is 5.07. The Hall–Kier alpha value is -0.620. The van der Waals surface area contributed by atoms with E-state index in [1.54, 1.807) is 19.2 Å². The molecule has 0 fully saturated rings. The number of benzene rings is 2. The quantitative estimate of drug-likeness (QED) is 0.588. The maximum absolute atomic E-state index is 6.00. The molecule has 0 heterocycles. The van der Waals surface area contributed by atoms with Crippen molar-refractivity contribution in [2.24, 2.45) is 0 Å². The fraction of sp³-hybridized carbons (Fsp3) is 0.0769. The maximum Gasteiger partial charge on any atom is 0.135 e. The average Bonchev–Trinajstić information content (AvgIpc) is 2.38. The molecule has 2 rings (SSSR count). The number of nitrogen functional groups attached to an aromatic ring is 1. The SMILES string of the molecule is COc1cc(Nc2cc(Cl)c(Cl)cc2N)c(Br)cc1Br. The summed E-state index contributed by atoms with van der Waals surface area (Å²) < 4.78 is 6.97. The van der Waals surface area contributed by atoms with Crippen LogP contribution in [0.4, 0.5) is 17.1 Å². The zero-order valence-electron chi connectivity index (χ0n) is 10.3. The van der Waals surface area contributed by atoms with Crippen LogP contribution in [-0.2, 0) is 0 Å². The topological polar surface area (TPSA) is 47.3 Å². The lowest BCUT2D eigenvalue weighted by Gasteiger charge is -2.14. The van der Waals surface area contributed by atoms with Crippen LogP contribution >= 0.6 is 55.1 Å². The average molecular weight is 441 g/mol. The molecule has 0 bridgehead atoms. The first-order valence-electron chi connectivity index (χ1n) is 5.47. The summed E-state index contributed by atoms with van der Waals surface area (Å²) in [6.45, 7) is 0. The van der Waals surface area contributed by atoms with E-state index in [9.17, 15) is 0 Å². The standard InChI is InChI=1S/C13H10Br2Cl2N2O/c1-20-13-5-11(6(14)2-7(13)15)19-12-4-9(17)8(16)3-10(12)18/h2-5,19H,18H2,1H3. The number of ether oxygens (including phenoxy) is 1. The van der Waals surface area contributed by atoms with Gasteiger partial charge in [0.1, 0.15) is 5.75 Å². The van der Waals surface area contributed by atoms with Crippen LogP contribution in [0.25, 0.3) is 0 Å². The number of hydrogen-bond acceptors (Lipinski definition) is 3. The first kappa shape index (κ1) is 15.8. The molecule has 3 N–H and O–H groups in total. The second kappa shape index (κ2) is 6.43. The van der Waals surface area contributed by atoms with Crippen molar-refractivity contribution in [1.82, 2.24) is 0 Å². The highest BCUT2D eigenvalue weighted by molar-refractivity contribution is 9.11. The Balaban J connectivity index is 2.42. The number of halogens is 4. The molecule has 3 nitrogen and oxygen atoms in total. The van der Waals surface area contributed by atoms with Crippen LogP contribution in [0.5, 0.6) is 5.75 Å². The summed E-state index contributed by atoms with van der Waals surface area (Å²) in [7, 11) is 1.60. The van der Waals surface area contributed by atoms with Gasteiger partial charge in [0.25, 0.3) is 0 Å². The molecule has 0 spiro atoms. The minimum absolute atomic E-state index is 0.419. The van der Waals surface area contributed by atoms with Gasteiger partial charge in [-0.05, 0) is 50.1 Å². The van der Waals surface area contributed by atoms with Crippen molar-refractivity contribution >= 4 is 72.1 Å². The summed E-state index contributed by atoms with van der Waals surface area (Å²) in [4.78, 5) is 0. The van der Waals surface area contributed by atoms with Gasteiger partial charge in [-0.1, -0.05) is 23.2 Å². The smallest absolute Gasteiger partial charge is 0.135 e. The van der Waals surface area contributed by atoms with Gasteiger partial charge < -0.3 is 15.8 Å². The first-order chi connectivity index (χ1) is 9.42. The molecule has 0 saturated carbocycles. The molecule has 0 unspecified atom stereocenters. The third-order valence-electron chi connectivity index (χ3n) is 2.60.